The summed E-state index contributed by atoms with van der Waals surface area (Å²) in [6.07, 6.45) is 0. The first-order valence-electron chi connectivity index (χ1n) is 32.4. The van der Waals surface area contributed by atoms with Crippen LogP contribution in [-0.2, 0) is 21.7 Å². The maximum atomic E-state index is 5.99. The molecule has 2 aliphatic rings. The highest BCUT2D eigenvalue weighted by molar-refractivity contribution is 7.00. The van der Waals surface area contributed by atoms with Gasteiger partial charge in [-0.05, 0) is 213 Å². The van der Waals surface area contributed by atoms with Crippen LogP contribution in [0, 0.1) is 0 Å². The molecule has 0 saturated heterocycles. The molecule has 3 heterocycles. The quantitative estimate of drug-likeness (QED) is 0.134. The zero-order chi connectivity index (χ0) is 63.1. The lowest BCUT2D eigenvalue weighted by Crippen LogP contribution is -2.61. The lowest BCUT2D eigenvalue weighted by Gasteiger charge is -2.45. The third kappa shape index (κ3) is 11.3. The van der Waals surface area contributed by atoms with Crippen molar-refractivity contribution in [1.29, 1.82) is 0 Å². The van der Waals surface area contributed by atoms with Gasteiger partial charge < -0.3 is 9.80 Å². The van der Waals surface area contributed by atoms with Crippen LogP contribution in [0.4, 0.5) is 34.1 Å². The normalized spacial score (nSPS) is 13.0. The third-order valence-corrected chi connectivity index (χ3v) is 18.8. The van der Waals surface area contributed by atoms with E-state index < -0.39 is 0 Å². The van der Waals surface area contributed by atoms with Gasteiger partial charge in [-0.2, -0.15) is 0 Å². The van der Waals surface area contributed by atoms with E-state index in [1.165, 1.54) is 61.1 Å². The van der Waals surface area contributed by atoms with E-state index in [4.69, 9.17) is 4.98 Å². The SMILES string of the molecule is CC(C)(C)c1ccc(N2c3ccc(C(C)(C)C)cc3B3c4cc(C(C)(C)C)ccc4N(c4ccc(C(C)(C)C)cc4)c4cc(-c5cc(-c6cc(-c7ccccc7)cc(-c7ccccc7)c6)cc(-c6cc(-c7ccccc7)cc(-c7ccccc7)c6)n5)cc2c43)cc1. The average molecular weight is 1180 g/mol. The molecule has 4 heteroatoms. The Morgan fingerprint density at radius 3 is 0.835 bits per heavy atom. The van der Waals surface area contributed by atoms with Crippen LogP contribution < -0.4 is 26.2 Å². The summed E-state index contributed by atoms with van der Waals surface area (Å²) in [6.45, 7) is 27.8. The Morgan fingerprint density at radius 2 is 0.516 bits per heavy atom. The number of fused-ring (bicyclic) bond motifs is 4. The second kappa shape index (κ2) is 22.6. The highest BCUT2D eigenvalue weighted by atomic mass is 15.2. The number of pyridine rings is 1. The zero-order valence-electron chi connectivity index (χ0n) is 54.8. The Hall–Kier alpha value is -9.77. The second-order valence-corrected chi connectivity index (χ2v) is 29.4. The molecule has 0 spiro atoms. The maximum Gasteiger partial charge on any atom is 0.252 e. The minimum atomic E-state index is -0.0912. The molecule has 3 nitrogen and oxygen atoms in total. The van der Waals surface area contributed by atoms with Crippen molar-refractivity contribution in [1.82, 2.24) is 4.98 Å². The molecular weight excluding hydrogens is 1100 g/mol. The molecule has 1 aromatic heterocycles. The maximum absolute atomic E-state index is 5.99. The minimum Gasteiger partial charge on any atom is -0.311 e. The molecular formula is C87H80BN3. The summed E-state index contributed by atoms with van der Waals surface area (Å²) in [4.78, 5) is 11.1. The van der Waals surface area contributed by atoms with Gasteiger partial charge in [-0.1, -0.05) is 253 Å². The van der Waals surface area contributed by atoms with Crippen LogP contribution in [0.3, 0.4) is 0 Å². The van der Waals surface area contributed by atoms with E-state index in [0.29, 0.717) is 0 Å². The van der Waals surface area contributed by atoms with Crippen molar-refractivity contribution in [2.75, 3.05) is 9.80 Å². The van der Waals surface area contributed by atoms with Gasteiger partial charge in [-0.3, -0.25) is 0 Å². The van der Waals surface area contributed by atoms with E-state index in [1.54, 1.807) is 0 Å². The Balaban J connectivity index is 1.10. The van der Waals surface area contributed by atoms with Gasteiger partial charge in [0.05, 0.1) is 11.4 Å². The van der Waals surface area contributed by atoms with Crippen LogP contribution in [0.25, 0.3) is 78.1 Å². The number of aromatic nitrogens is 1. The van der Waals surface area contributed by atoms with Crippen molar-refractivity contribution in [3.8, 4) is 78.1 Å². The fourth-order valence-electron chi connectivity index (χ4n) is 13.6. The Kier molecular flexibility index (Phi) is 14.6. The molecule has 0 fully saturated rings. The van der Waals surface area contributed by atoms with Crippen LogP contribution in [0.5, 0.6) is 0 Å². The second-order valence-electron chi connectivity index (χ2n) is 29.4. The number of benzene rings is 11. The molecule has 0 saturated carbocycles. The van der Waals surface area contributed by atoms with Gasteiger partial charge in [0.2, 0.25) is 0 Å². The third-order valence-electron chi connectivity index (χ3n) is 18.8. The van der Waals surface area contributed by atoms with Gasteiger partial charge in [-0.25, -0.2) is 4.98 Å². The molecule has 0 aliphatic carbocycles. The van der Waals surface area contributed by atoms with Crippen LogP contribution >= 0.6 is 0 Å². The van der Waals surface area contributed by atoms with Gasteiger partial charge >= 0.3 is 0 Å². The predicted molar refractivity (Wildman–Crippen MR) is 391 cm³/mol. The lowest BCUT2D eigenvalue weighted by atomic mass is 9.33. The fraction of sp³-hybridized carbons (Fsp3) is 0.184. The van der Waals surface area contributed by atoms with Crippen molar-refractivity contribution in [2.45, 2.75) is 105 Å². The molecule has 2 aliphatic heterocycles. The van der Waals surface area contributed by atoms with Crippen LogP contribution in [-0.4, -0.2) is 11.7 Å². The first-order valence-corrected chi connectivity index (χ1v) is 32.4. The molecule has 12 aromatic rings. The first-order chi connectivity index (χ1) is 43.6. The Labute approximate surface area is 540 Å². The summed E-state index contributed by atoms with van der Waals surface area (Å²) in [6, 6.07) is 100. The molecule has 0 unspecified atom stereocenters. The Morgan fingerprint density at radius 1 is 0.242 bits per heavy atom. The number of rotatable bonds is 9. The number of hydrogen-bond acceptors (Lipinski definition) is 3. The van der Waals surface area contributed by atoms with E-state index in [0.717, 1.165) is 89.8 Å². The molecule has 0 atom stereocenters. The van der Waals surface area contributed by atoms with Crippen LogP contribution in [0.1, 0.15) is 105 Å². The summed E-state index contributed by atoms with van der Waals surface area (Å²) >= 11 is 0. The van der Waals surface area contributed by atoms with E-state index in [1.807, 2.05) is 0 Å². The minimum absolute atomic E-state index is 0.0268. The summed E-state index contributed by atoms with van der Waals surface area (Å²) < 4.78 is 0. The number of anilines is 6. The van der Waals surface area contributed by atoms with Gasteiger partial charge in [-0.15, -0.1) is 0 Å². The van der Waals surface area contributed by atoms with Crippen molar-refractivity contribution in [2.24, 2.45) is 0 Å². The first kappa shape index (κ1) is 58.9. The Bertz CT molecular complexity index is 4290. The average Bonchev–Trinajstić information content (AvgIpc) is 0.697. The van der Waals surface area contributed by atoms with Crippen molar-refractivity contribution in [3.63, 3.8) is 0 Å². The van der Waals surface area contributed by atoms with E-state index in [9.17, 15) is 0 Å². The van der Waals surface area contributed by atoms with E-state index in [2.05, 4.69) is 360 Å². The zero-order valence-corrected chi connectivity index (χ0v) is 54.8. The standard InChI is InChI=1S/C87H80BN3/c1-84(2,3)69-33-39-73(40-34-69)90-79-43-37-71(86(7,8)9)55-75(79)88-76-56-72(87(10,11)12)38-44-80(76)91(74-41-35-70(36-42-74)85(4,5)6)82-54-68(53-81(90)83(82)88)78-52-66(65-47-61(57-25-17-13-18-26-57)45-62(48-65)58-27-19-14-20-28-58)51-77(89-78)67-49-63(59-29-21-15-22-30-59)46-64(50-67)60-31-23-16-24-32-60/h13-56H,1-12H3. The number of nitrogens with zero attached hydrogens (tertiary/aromatic N) is 3. The van der Waals surface area contributed by atoms with E-state index >= 15 is 0 Å². The van der Waals surface area contributed by atoms with Gasteiger partial charge in [0, 0.05) is 45.3 Å². The van der Waals surface area contributed by atoms with Gasteiger partial charge in [0.1, 0.15) is 0 Å². The van der Waals surface area contributed by atoms with Gasteiger partial charge in [0.25, 0.3) is 6.71 Å². The van der Waals surface area contributed by atoms with Crippen molar-refractivity contribution < 1.29 is 0 Å². The van der Waals surface area contributed by atoms with Crippen LogP contribution in [0.2, 0.25) is 0 Å². The molecule has 11 aromatic carbocycles. The summed E-state index contributed by atoms with van der Waals surface area (Å²) in [5.74, 6) is 0. The highest BCUT2D eigenvalue weighted by Gasteiger charge is 2.45. The number of hydrogen-bond donors (Lipinski definition) is 0. The highest BCUT2D eigenvalue weighted by Crippen LogP contribution is 2.49. The molecule has 14 rings (SSSR count). The molecule has 0 bridgehead atoms. The van der Waals surface area contributed by atoms with Gasteiger partial charge in [0.15, 0.2) is 0 Å². The molecule has 0 amide bonds. The van der Waals surface area contributed by atoms with Crippen molar-refractivity contribution in [3.05, 3.63) is 289 Å². The smallest absolute Gasteiger partial charge is 0.252 e. The topological polar surface area (TPSA) is 19.4 Å². The summed E-state index contributed by atoms with van der Waals surface area (Å²) in [5.41, 5.74) is 31.0. The lowest BCUT2D eigenvalue weighted by molar-refractivity contribution is 0.590. The summed E-state index contributed by atoms with van der Waals surface area (Å²) in [7, 11) is 0. The monoisotopic (exact) mass is 1180 g/mol. The molecule has 0 N–H and O–H groups in total. The predicted octanol–water partition coefficient (Wildman–Crippen LogP) is 22.0. The molecule has 91 heavy (non-hydrogen) atoms. The fourth-order valence-corrected chi connectivity index (χ4v) is 13.6. The largest absolute Gasteiger partial charge is 0.311 e. The summed E-state index contributed by atoms with van der Waals surface area (Å²) in [5, 5.41) is 0. The molecule has 0 radical (unpaired) electrons. The molecule has 446 valence electrons. The van der Waals surface area contributed by atoms with E-state index in [-0.39, 0.29) is 28.4 Å². The van der Waals surface area contributed by atoms with Crippen LogP contribution in [0.15, 0.2) is 267 Å². The van der Waals surface area contributed by atoms with Crippen molar-refractivity contribution >= 4 is 57.2 Å².